The Morgan fingerprint density at radius 1 is 0.767 bits per heavy atom. The Morgan fingerprint density at radius 2 is 1.20 bits per heavy atom. The van der Waals surface area contributed by atoms with E-state index < -0.39 is 5.97 Å². The molecule has 0 saturated carbocycles. The van der Waals surface area contributed by atoms with E-state index in [1.807, 2.05) is 0 Å². The zero-order valence-corrected chi connectivity index (χ0v) is 19.4. The SMILES string of the molecule is CCCCCCCCCCCCCCCCCCc1c(C(=O)O)ccc(O)c1OC. The number of phenols is 1. The van der Waals surface area contributed by atoms with E-state index in [2.05, 4.69) is 6.92 Å². The normalized spacial score (nSPS) is 11.0. The van der Waals surface area contributed by atoms with Crippen molar-refractivity contribution in [3.05, 3.63) is 23.3 Å². The van der Waals surface area contributed by atoms with Crippen molar-refractivity contribution in [3.63, 3.8) is 0 Å². The van der Waals surface area contributed by atoms with Crippen LogP contribution in [0.1, 0.15) is 126 Å². The molecule has 0 bridgehead atoms. The van der Waals surface area contributed by atoms with Gasteiger partial charge in [-0.05, 0) is 25.0 Å². The van der Waals surface area contributed by atoms with Crippen LogP contribution in [-0.4, -0.2) is 23.3 Å². The zero-order valence-electron chi connectivity index (χ0n) is 19.4. The monoisotopic (exact) mass is 420 g/mol. The molecule has 30 heavy (non-hydrogen) atoms. The van der Waals surface area contributed by atoms with Gasteiger partial charge in [0.25, 0.3) is 0 Å². The summed E-state index contributed by atoms with van der Waals surface area (Å²) in [5.41, 5.74) is 0.834. The molecule has 0 radical (unpaired) electrons. The van der Waals surface area contributed by atoms with Crippen molar-refractivity contribution < 1.29 is 19.7 Å². The highest BCUT2D eigenvalue weighted by Crippen LogP contribution is 2.34. The molecule has 4 heteroatoms. The van der Waals surface area contributed by atoms with Crippen molar-refractivity contribution in [1.82, 2.24) is 0 Å². The number of phenolic OH excluding ortho intramolecular Hbond substituents is 1. The van der Waals surface area contributed by atoms with Crippen molar-refractivity contribution in [1.29, 1.82) is 0 Å². The number of carboxylic acids is 1. The summed E-state index contributed by atoms with van der Waals surface area (Å²) in [4.78, 5) is 11.4. The predicted molar refractivity (Wildman–Crippen MR) is 125 cm³/mol. The van der Waals surface area contributed by atoms with Gasteiger partial charge in [-0.1, -0.05) is 103 Å². The van der Waals surface area contributed by atoms with Gasteiger partial charge in [0, 0.05) is 5.56 Å². The minimum absolute atomic E-state index is 0.00833. The first-order valence-electron chi connectivity index (χ1n) is 12.2. The Hall–Kier alpha value is -1.71. The fraction of sp³-hybridized carbons (Fsp3) is 0.731. The number of ether oxygens (including phenoxy) is 1. The molecule has 1 aromatic rings. The van der Waals surface area contributed by atoms with Crippen LogP contribution in [0.15, 0.2) is 12.1 Å². The topological polar surface area (TPSA) is 66.8 Å². The van der Waals surface area contributed by atoms with Gasteiger partial charge < -0.3 is 14.9 Å². The highest BCUT2D eigenvalue weighted by Gasteiger charge is 2.17. The van der Waals surface area contributed by atoms with Crippen LogP contribution < -0.4 is 4.74 Å². The van der Waals surface area contributed by atoms with Crippen molar-refractivity contribution in [2.24, 2.45) is 0 Å². The molecule has 0 amide bonds. The first kappa shape index (κ1) is 26.3. The van der Waals surface area contributed by atoms with Crippen LogP contribution in [0.2, 0.25) is 0 Å². The maximum Gasteiger partial charge on any atom is 0.336 e. The number of hydrogen-bond acceptors (Lipinski definition) is 3. The minimum atomic E-state index is -0.972. The van der Waals surface area contributed by atoms with E-state index in [4.69, 9.17) is 4.74 Å². The first-order valence-corrected chi connectivity index (χ1v) is 12.2. The Morgan fingerprint density at radius 3 is 1.60 bits per heavy atom. The average molecular weight is 421 g/mol. The fourth-order valence-electron chi connectivity index (χ4n) is 4.14. The molecule has 0 aliphatic rings. The smallest absolute Gasteiger partial charge is 0.336 e. The van der Waals surface area contributed by atoms with Gasteiger partial charge in [0.2, 0.25) is 0 Å². The van der Waals surface area contributed by atoms with Crippen LogP contribution in [0.4, 0.5) is 0 Å². The third-order valence-corrected chi connectivity index (χ3v) is 5.95. The van der Waals surface area contributed by atoms with Crippen LogP contribution in [0.3, 0.4) is 0 Å². The van der Waals surface area contributed by atoms with E-state index >= 15 is 0 Å². The predicted octanol–water partition coefficient (Wildman–Crippen LogP) is 7.90. The summed E-state index contributed by atoms with van der Waals surface area (Å²) >= 11 is 0. The summed E-state index contributed by atoms with van der Waals surface area (Å²) in [6, 6.07) is 2.85. The van der Waals surface area contributed by atoms with Crippen molar-refractivity contribution >= 4 is 5.97 Å². The maximum atomic E-state index is 11.4. The number of aromatic carboxylic acids is 1. The molecule has 4 nitrogen and oxygen atoms in total. The summed E-state index contributed by atoms with van der Waals surface area (Å²) in [7, 11) is 1.47. The van der Waals surface area contributed by atoms with E-state index in [1.165, 1.54) is 109 Å². The summed E-state index contributed by atoms with van der Waals surface area (Å²) in [6.07, 6.45) is 21.6. The van der Waals surface area contributed by atoms with Crippen molar-refractivity contribution in [3.8, 4) is 11.5 Å². The first-order chi connectivity index (χ1) is 14.6. The number of hydrogen-bond donors (Lipinski definition) is 2. The number of benzene rings is 1. The van der Waals surface area contributed by atoms with Gasteiger partial charge in [0.1, 0.15) is 0 Å². The second kappa shape index (κ2) is 17.0. The molecule has 0 spiro atoms. The molecule has 0 heterocycles. The molecule has 0 saturated heterocycles. The van der Waals surface area contributed by atoms with Crippen molar-refractivity contribution in [2.75, 3.05) is 7.11 Å². The summed E-state index contributed by atoms with van der Waals surface area (Å²) in [5.74, 6) is -0.662. The highest BCUT2D eigenvalue weighted by molar-refractivity contribution is 5.90. The molecule has 0 atom stereocenters. The van der Waals surface area contributed by atoms with Crippen LogP contribution in [0, 0.1) is 0 Å². The molecule has 2 N–H and O–H groups in total. The van der Waals surface area contributed by atoms with Gasteiger partial charge in [0.05, 0.1) is 12.7 Å². The molecule has 0 unspecified atom stereocenters. The quantitative estimate of drug-likeness (QED) is 0.223. The van der Waals surface area contributed by atoms with Crippen LogP contribution in [-0.2, 0) is 6.42 Å². The minimum Gasteiger partial charge on any atom is -0.504 e. The van der Waals surface area contributed by atoms with E-state index in [0.717, 1.165) is 12.8 Å². The van der Waals surface area contributed by atoms with E-state index in [1.54, 1.807) is 0 Å². The van der Waals surface area contributed by atoms with Gasteiger partial charge in [-0.15, -0.1) is 0 Å². The highest BCUT2D eigenvalue weighted by atomic mass is 16.5. The molecule has 0 aliphatic heterocycles. The number of aromatic hydroxyl groups is 1. The number of unbranched alkanes of at least 4 members (excludes halogenated alkanes) is 15. The van der Waals surface area contributed by atoms with E-state index in [9.17, 15) is 15.0 Å². The molecule has 1 aromatic carbocycles. The number of rotatable bonds is 19. The molecule has 172 valence electrons. The molecule has 0 aliphatic carbocycles. The lowest BCUT2D eigenvalue weighted by Crippen LogP contribution is -2.05. The van der Waals surface area contributed by atoms with Crippen LogP contribution in [0.25, 0.3) is 0 Å². The molecular formula is C26H44O4. The second-order valence-electron chi connectivity index (χ2n) is 8.50. The van der Waals surface area contributed by atoms with E-state index in [-0.39, 0.29) is 11.3 Å². The summed E-state index contributed by atoms with van der Waals surface area (Å²) in [6.45, 7) is 2.27. The molecular weight excluding hydrogens is 376 g/mol. The van der Waals surface area contributed by atoms with Crippen LogP contribution in [0.5, 0.6) is 11.5 Å². The van der Waals surface area contributed by atoms with Crippen molar-refractivity contribution in [2.45, 2.75) is 116 Å². The number of methoxy groups -OCH3 is 1. The molecule has 0 fully saturated rings. The summed E-state index contributed by atoms with van der Waals surface area (Å²) < 4.78 is 5.23. The lowest BCUT2D eigenvalue weighted by molar-refractivity contribution is 0.0695. The Kier molecular flexibility index (Phi) is 14.9. The zero-order chi connectivity index (χ0) is 22.0. The Labute approximate surface area is 184 Å². The lowest BCUT2D eigenvalue weighted by Gasteiger charge is -2.13. The average Bonchev–Trinajstić information content (AvgIpc) is 2.73. The Balaban J connectivity index is 2.04. The van der Waals surface area contributed by atoms with Gasteiger partial charge in [-0.3, -0.25) is 0 Å². The van der Waals surface area contributed by atoms with Gasteiger partial charge in [-0.25, -0.2) is 4.79 Å². The standard InChI is InChI=1S/C26H44O4/c1-3-4-5-6-7-8-9-10-11-12-13-14-15-16-17-18-19-22-23(26(28)29)20-21-24(27)25(22)30-2/h20-21,27H,3-19H2,1-2H3,(H,28,29). The number of carbonyl (C=O) groups is 1. The third kappa shape index (κ3) is 10.9. The lowest BCUT2D eigenvalue weighted by atomic mass is 9.98. The largest absolute Gasteiger partial charge is 0.504 e. The summed E-state index contributed by atoms with van der Waals surface area (Å²) in [5, 5.41) is 19.3. The second-order valence-corrected chi connectivity index (χ2v) is 8.50. The van der Waals surface area contributed by atoms with Gasteiger partial charge in [0.15, 0.2) is 11.5 Å². The van der Waals surface area contributed by atoms with Gasteiger partial charge in [-0.2, -0.15) is 0 Å². The molecule has 1 rings (SSSR count). The van der Waals surface area contributed by atoms with Gasteiger partial charge >= 0.3 is 5.97 Å². The number of carboxylic acid groups (broad SMARTS) is 1. The third-order valence-electron chi connectivity index (χ3n) is 5.95. The maximum absolute atomic E-state index is 11.4. The Bertz CT molecular complexity index is 583. The molecule has 0 aromatic heterocycles. The van der Waals surface area contributed by atoms with Crippen LogP contribution >= 0.6 is 0 Å². The fourth-order valence-corrected chi connectivity index (χ4v) is 4.14. The van der Waals surface area contributed by atoms with E-state index in [0.29, 0.717) is 17.7 Å².